The predicted octanol–water partition coefficient (Wildman–Crippen LogP) is 4.08. The average Bonchev–Trinajstić information content (AvgIpc) is 2.48. The summed E-state index contributed by atoms with van der Waals surface area (Å²) in [4.78, 5) is 0.882. The largest absolute Gasteiger partial charge is 0.311 e. The highest BCUT2D eigenvalue weighted by molar-refractivity contribution is 7.95. The van der Waals surface area contributed by atoms with E-state index in [1.54, 1.807) is 25.1 Å². The molecule has 0 saturated heterocycles. The predicted molar refractivity (Wildman–Crippen MR) is 85.6 cm³/mol. The van der Waals surface area contributed by atoms with Crippen molar-refractivity contribution in [2.24, 2.45) is 0 Å². The van der Waals surface area contributed by atoms with Crippen LogP contribution in [0, 0.1) is 24.1 Å². The van der Waals surface area contributed by atoms with Crippen molar-refractivity contribution in [3.63, 3.8) is 0 Å². The molecular formula is C16H10ClFN2O2S. The molecule has 1 heterocycles. The molecule has 0 fully saturated rings. The Bertz CT molecular complexity index is 994. The summed E-state index contributed by atoms with van der Waals surface area (Å²) in [6.45, 7) is 1.80. The van der Waals surface area contributed by atoms with Gasteiger partial charge in [-0.15, -0.1) is 0 Å². The number of sulfone groups is 1. The lowest BCUT2D eigenvalue weighted by molar-refractivity contribution is 0.601. The molecular weight excluding hydrogens is 339 g/mol. The molecule has 23 heavy (non-hydrogen) atoms. The van der Waals surface area contributed by atoms with Crippen LogP contribution in [0.2, 0.25) is 5.02 Å². The van der Waals surface area contributed by atoms with Crippen LogP contribution in [0.1, 0.15) is 5.56 Å². The number of fused-ring (bicyclic) bond motifs is 1. The highest BCUT2D eigenvalue weighted by atomic mass is 35.5. The van der Waals surface area contributed by atoms with Gasteiger partial charge >= 0.3 is 0 Å². The van der Waals surface area contributed by atoms with Crippen LogP contribution in [0.5, 0.6) is 0 Å². The van der Waals surface area contributed by atoms with Crippen LogP contribution in [0.3, 0.4) is 0 Å². The van der Waals surface area contributed by atoms with E-state index in [0.717, 1.165) is 17.8 Å². The second-order valence-corrected chi connectivity index (χ2v) is 7.37. The number of hydrogen-bond donors (Lipinski definition) is 0. The Hall–Kier alpha value is -2.36. The van der Waals surface area contributed by atoms with Crippen LogP contribution in [0.25, 0.3) is 0 Å². The maximum Gasteiger partial charge on any atom is 0.220 e. The van der Waals surface area contributed by atoms with Crippen LogP contribution in [-0.4, -0.2) is 8.42 Å². The number of anilines is 2. The van der Waals surface area contributed by atoms with Gasteiger partial charge in [-0.1, -0.05) is 17.7 Å². The molecule has 0 radical (unpaired) electrons. The molecule has 3 rings (SSSR count). The molecule has 0 N–H and O–H groups in total. The van der Waals surface area contributed by atoms with Gasteiger partial charge in [0.15, 0.2) is 4.91 Å². The standard InChI is InChI=1S/C16H10ClFN2O2S/c1-10-2-5-16-15(6-10)20(9-12(8-19)23(16,21)22)14-4-3-11(17)7-13(14)18/h2-7,9H,1H3. The topological polar surface area (TPSA) is 61.2 Å². The summed E-state index contributed by atoms with van der Waals surface area (Å²) in [6.07, 6.45) is 1.13. The zero-order valence-corrected chi connectivity index (χ0v) is 13.5. The zero-order chi connectivity index (χ0) is 16.8. The lowest BCUT2D eigenvalue weighted by Crippen LogP contribution is -2.22. The van der Waals surface area contributed by atoms with Crippen molar-refractivity contribution < 1.29 is 12.8 Å². The monoisotopic (exact) mass is 348 g/mol. The van der Waals surface area contributed by atoms with Crippen molar-refractivity contribution in [1.82, 2.24) is 0 Å². The van der Waals surface area contributed by atoms with Gasteiger partial charge in [0.2, 0.25) is 9.84 Å². The average molecular weight is 349 g/mol. The SMILES string of the molecule is Cc1ccc2c(c1)N(c1ccc(Cl)cc1F)C=C(C#N)S2(=O)=O. The highest BCUT2D eigenvalue weighted by Crippen LogP contribution is 2.40. The number of nitriles is 1. The normalized spacial score (nSPS) is 15.6. The summed E-state index contributed by atoms with van der Waals surface area (Å²) in [5.74, 6) is -0.613. The number of hydrogen-bond acceptors (Lipinski definition) is 4. The Morgan fingerprint density at radius 1 is 1.17 bits per heavy atom. The number of aryl methyl sites for hydroxylation is 1. The van der Waals surface area contributed by atoms with E-state index < -0.39 is 20.6 Å². The van der Waals surface area contributed by atoms with Gasteiger partial charge in [-0.3, -0.25) is 0 Å². The minimum absolute atomic E-state index is 0.0310. The molecule has 116 valence electrons. The first-order chi connectivity index (χ1) is 10.8. The Morgan fingerprint density at radius 2 is 1.91 bits per heavy atom. The molecule has 0 aliphatic carbocycles. The molecule has 0 saturated carbocycles. The molecule has 0 spiro atoms. The third-order valence-electron chi connectivity index (χ3n) is 3.48. The smallest absolute Gasteiger partial charge is 0.220 e. The second-order valence-electron chi connectivity index (χ2n) is 5.05. The quantitative estimate of drug-likeness (QED) is 0.779. The van der Waals surface area contributed by atoms with E-state index in [1.165, 1.54) is 23.1 Å². The molecule has 1 aliphatic heterocycles. The lowest BCUT2D eigenvalue weighted by Gasteiger charge is -2.28. The van der Waals surface area contributed by atoms with E-state index in [1.807, 2.05) is 0 Å². The van der Waals surface area contributed by atoms with Gasteiger partial charge in [0.25, 0.3) is 0 Å². The van der Waals surface area contributed by atoms with E-state index in [9.17, 15) is 12.8 Å². The van der Waals surface area contributed by atoms with Gasteiger partial charge in [0.1, 0.15) is 11.9 Å². The second kappa shape index (κ2) is 5.37. The Morgan fingerprint density at radius 3 is 2.57 bits per heavy atom. The molecule has 0 aromatic heterocycles. The molecule has 0 unspecified atom stereocenters. The van der Waals surface area contributed by atoms with Crippen LogP contribution in [-0.2, 0) is 9.84 Å². The first kappa shape index (κ1) is 15.5. The van der Waals surface area contributed by atoms with Crippen molar-refractivity contribution in [3.8, 4) is 6.07 Å². The van der Waals surface area contributed by atoms with Gasteiger partial charge in [0, 0.05) is 11.2 Å². The fourth-order valence-corrected chi connectivity index (χ4v) is 3.82. The lowest BCUT2D eigenvalue weighted by atomic mass is 10.2. The molecule has 4 nitrogen and oxygen atoms in total. The van der Waals surface area contributed by atoms with E-state index >= 15 is 0 Å². The minimum Gasteiger partial charge on any atom is -0.311 e. The summed E-state index contributed by atoms with van der Waals surface area (Å²) in [5.41, 5.74) is 1.22. The number of halogens is 2. The van der Waals surface area contributed by atoms with E-state index in [2.05, 4.69) is 0 Å². The van der Waals surface area contributed by atoms with Gasteiger partial charge in [0.05, 0.1) is 16.3 Å². The van der Waals surface area contributed by atoms with Crippen molar-refractivity contribution >= 4 is 32.8 Å². The first-order valence-corrected chi connectivity index (χ1v) is 8.42. The van der Waals surface area contributed by atoms with Crippen LogP contribution in [0.4, 0.5) is 15.8 Å². The van der Waals surface area contributed by atoms with E-state index in [4.69, 9.17) is 16.9 Å². The van der Waals surface area contributed by atoms with Gasteiger partial charge in [-0.2, -0.15) is 5.26 Å². The molecule has 1 aliphatic rings. The van der Waals surface area contributed by atoms with Crippen molar-refractivity contribution in [2.45, 2.75) is 11.8 Å². The van der Waals surface area contributed by atoms with Crippen molar-refractivity contribution in [3.05, 3.63) is 63.9 Å². The van der Waals surface area contributed by atoms with E-state index in [-0.39, 0.29) is 15.6 Å². The Kier molecular flexibility index (Phi) is 3.63. The van der Waals surface area contributed by atoms with E-state index in [0.29, 0.717) is 5.69 Å². The van der Waals surface area contributed by atoms with Crippen LogP contribution >= 0.6 is 11.6 Å². The van der Waals surface area contributed by atoms with Gasteiger partial charge in [-0.25, -0.2) is 12.8 Å². The molecule has 7 heteroatoms. The fraction of sp³-hybridized carbons (Fsp3) is 0.0625. The van der Waals surface area contributed by atoms with Gasteiger partial charge < -0.3 is 4.90 Å². The molecule has 0 bridgehead atoms. The van der Waals surface area contributed by atoms with Crippen molar-refractivity contribution in [1.29, 1.82) is 5.26 Å². The number of benzene rings is 2. The first-order valence-electron chi connectivity index (χ1n) is 6.56. The maximum atomic E-state index is 14.3. The Balaban J connectivity index is 2.33. The molecule has 2 aromatic rings. The summed E-state index contributed by atoms with van der Waals surface area (Å²) in [7, 11) is -3.90. The van der Waals surface area contributed by atoms with Crippen LogP contribution < -0.4 is 4.90 Å². The third-order valence-corrected chi connectivity index (χ3v) is 5.41. The van der Waals surface area contributed by atoms with Crippen molar-refractivity contribution in [2.75, 3.05) is 4.90 Å². The number of rotatable bonds is 1. The maximum absolute atomic E-state index is 14.3. The van der Waals surface area contributed by atoms with Crippen LogP contribution in [0.15, 0.2) is 52.4 Å². The minimum atomic E-state index is -3.90. The summed E-state index contributed by atoms with van der Waals surface area (Å²) < 4.78 is 39.1. The fourth-order valence-electron chi connectivity index (χ4n) is 2.38. The molecule has 0 amide bonds. The highest BCUT2D eigenvalue weighted by Gasteiger charge is 2.32. The summed E-state index contributed by atoms with van der Waals surface area (Å²) >= 11 is 5.76. The van der Waals surface area contributed by atoms with Gasteiger partial charge in [-0.05, 0) is 42.8 Å². The number of allylic oxidation sites excluding steroid dienone is 1. The molecule has 0 atom stereocenters. The Labute approximate surface area is 137 Å². The zero-order valence-electron chi connectivity index (χ0n) is 11.9. The third kappa shape index (κ3) is 2.48. The summed E-state index contributed by atoms with van der Waals surface area (Å²) in [6, 6.07) is 10.4. The number of nitrogens with zero attached hydrogens (tertiary/aromatic N) is 2. The molecule has 2 aromatic carbocycles. The summed E-state index contributed by atoms with van der Waals surface area (Å²) in [5, 5.41) is 9.37.